The van der Waals surface area contributed by atoms with E-state index in [-0.39, 0.29) is 22.4 Å². The van der Waals surface area contributed by atoms with Gasteiger partial charge in [-0.1, -0.05) is 28.4 Å². The smallest absolute Gasteiger partial charge is 0.339 e. The van der Waals surface area contributed by atoms with Crippen molar-refractivity contribution in [1.82, 2.24) is 15.0 Å². The van der Waals surface area contributed by atoms with Crippen LogP contribution in [0.15, 0.2) is 47.0 Å². The maximum atomic E-state index is 12.9. The van der Waals surface area contributed by atoms with Crippen molar-refractivity contribution in [2.45, 2.75) is 19.4 Å². The zero-order valence-corrected chi connectivity index (χ0v) is 19.4. The summed E-state index contributed by atoms with van der Waals surface area (Å²) >= 11 is 12.0. The molecule has 10 heteroatoms. The van der Waals surface area contributed by atoms with Crippen LogP contribution in [0.5, 0.6) is 0 Å². The van der Waals surface area contributed by atoms with Crippen molar-refractivity contribution in [2.75, 3.05) is 25.5 Å². The summed E-state index contributed by atoms with van der Waals surface area (Å²) in [5.41, 5.74) is 1.51. The number of halogens is 2. The van der Waals surface area contributed by atoms with Crippen molar-refractivity contribution in [2.24, 2.45) is 5.92 Å². The molecule has 2 heterocycles. The van der Waals surface area contributed by atoms with Gasteiger partial charge in [0, 0.05) is 22.8 Å². The molecular formula is C23H22Cl2N4O4. The van der Waals surface area contributed by atoms with Crippen LogP contribution in [-0.2, 0) is 16.1 Å². The molecule has 33 heavy (non-hydrogen) atoms. The lowest BCUT2D eigenvalue weighted by Gasteiger charge is -2.30. The first-order valence-corrected chi connectivity index (χ1v) is 11.2. The summed E-state index contributed by atoms with van der Waals surface area (Å²) in [6.07, 6.45) is 1.63. The fourth-order valence-electron chi connectivity index (χ4n) is 3.75. The van der Waals surface area contributed by atoms with Gasteiger partial charge in [-0.25, -0.2) is 4.79 Å². The highest BCUT2D eigenvalue weighted by Crippen LogP contribution is 2.25. The molecule has 1 amide bonds. The SMILES string of the molecule is COC(=O)c1cc(NC(=O)C2CCCN(Cc3nc(-c4ccc(Cl)cc4)no3)C2)ccc1Cl. The minimum Gasteiger partial charge on any atom is -0.465 e. The van der Waals surface area contributed by atoms with Gasteiger partial charge in [0.25, 0.3) is 0 Å². The van der Waals surface area contributed by atoms with Gasteiger partial charge in [-0.2, -0.15) is 4.98 Å². The van der Waals surface area contributed by atoms with Crippen LogP contribution in [0.25, 0.3) is 11.4 Å². The van der Waals surface area contributed by atoms with Crippen molar-refractivity contribution in [3.63, 3.8) is 0 Å². The molecule has 0 radical (unpaired) electrons. The molecule has 1 fully saturated rings. The van der Waals surface area contributed by atoms with Crippen molar-refractivity contribution in [3.05, 3.63) is 64.0 Å². The van der Waals surface area contributed by atoms with E-state index in [0.29, 0.717) is 35.5 Å². The quantitative estimate of drug-likeness (QED) is 0.502. The fourth-order valence-corrected chi connectivity index (χ4v) is 4.07. The van der Waals surface area contributed by atoms with Crippen molar-refractivity contribution in [1.29, 1.82) is 0 Å². The fraction of sp³-hybridized carbons (Fsp3) is 0.304. The lowest BCUT2D eigenvalue weighted by molar-refractivity contribution is -0.121. The van der Waals surface area contributed by atoms with E-state index in [9.17, 15) is 9.59 Å². The predicted octanol–water partition coefficient (Wildman–Crippen LogP) is 4.68. The lowest BCUT2D eigenvalue weighted by atomic mass is 9.97. The van der Waals surface area contributed by atoms with Gasteiger partial charge in [0.15, 0.2) is 0 Å². The summed E-state index contributed by atoms with van der Waals surface area (Å²) in [5.74, 6) is 0.0934. The summed E-state index contributed by atoms with van der Waals surface area (Å²) in [4.78, 5) is 31.3. The van der Waals surface area contributed by atoms with Crippen LogP contribution in [0.2, 0.25) is 10.0 Å². The Balaban J connectivity index is 1.37. The number of methoxy groups -OCH3 is 1. The number of anilines is 1. The summed E-state index contributed by atoms with van der Waals surface area (Å²) in [5, 5.41) is 7.83. The molecule has 0 saturated carbocycles. The van der Waals surface area contributed by atoms with Crippen molar-refractivity contribution < 1.29 is 18.8 Å². The standard InChI is InChI=1S/C23H22Cl2N4O4/c1-32-23(31)18-11-17(8-9-19(18)25)26-22(30)15-3-2-10-29(12-15)13-20-27-21(28-33-20)14-4-6-16(24)7-5-14/h4-9,11,15H,2-3,10,12-13H2,1H3,(H,26,30). The van der Waals surface area contributed by atoms with Gasteiger partial charge in [0.1, 0.15) is 0 Å². The molecule has 3 aromatic rings. The molecule has 1 N–H and O–H groups in total. The first-order chi connectivity index (χ1) is 15.9. The minimum atomic E-state index is -0.558. The number of hydrogen-bond acceptors (Lipinski definition) is 7. The molecular weight excluding hydrogens is 467 g/mol. The number of nitrogens with zero attached hydrogens (tertiary/aromatic N) is 3. The average molecular weight is 489 g/mol. The zero-order chi connectivity index (χ0) is 23.4. The number of rotatable bonds is 6. The number of aromatic nitrogens is 2. The molecule has 8 nitrogen and oxygen atoms in total. The van der Waals surface area contributed by atoms with Crippen LogP contribution in [0.3, 0.4) is 0 Å². The Hall–Kier alpha value is -2.94. The van der Waals surface area contributed by atoms with Crippen LogP contribution in [0.1, 0.15) is 29.1 Å². The second-order valence-corrected chi connectivity index (χ2v) is 8.61. The van der Waals surface area contributed by atoms with E-state index in [4.69, 9.17) is 32.5 Å². The first-order valence-electron chi connectivity index (χ1n) is 10.4. The van der Waals surface area contributed by atoms with Gasteiger partial charge in [-0.05, 0) is 61.9 Å². The topological polar surface area (TPSA) is 97.6 Å². The molecule has 0 bridgehead atoms. The number of nitrogens with one attached hydrogen (secondary N) is 1. The molecule has 1 unspecified atom stereocenters. The molecule has 2 aromatic carbocycles. The Bertz CT molecular complexity index is 1150. The summed E-state index contributed by atoms with van der Waals surface area (Å²) in [7, 11) is 1.28. The number of likely N-dealkylation sites (tertiary alicyclic amines) is 1. The Morgan fingerprint density at radius 1 is 1.21 bits per heavy atom. The van der Waals surface area contributed by atoms with Gasteiger partial charge >= 0.3 is 5.97 Å². The normalized spacial score (nSPS) is 16.4. The number of piperidine rings is 1. The van der Waals surface area contributed by atoms with Crippen LogP contribution < -0.4 is 5.32 Å². The van der Waals surface area contributed by atoms with Gasteiger partial charge < -0.3 is 14.6 Å². The molecule has 1 aliphatic heterocycles. The van der Waals surface area contributed by atoms with Crippen LogP contribution in [0.4, 0.5) is 5.69 Å². The Labute approximate surface area is 200 Å². The highest BCUT2D eigenvalue weighted by molar-refractivity contribution is 6.33. The average Bonchev–Trinajstić information content (AvgIpc) is 3.28. The molecule has 0 aliphatic carbocycles. The van der Waals surface area contributed by atoms with Gasteiger partial charge in [-0.3, -0.25) is 9.69 Å². The number of amides is 1. The van der Waals surface area contributed by atoms with Gasteiger partial charge in [-0.15, -0.1) is 0 Å². The minimum absolute atomic E-state index is 0.120. The Morgan fingerprint density at radius 2 is 2.00 bits per heavy atom. The van der Waals surface area contributed by atoms with Crippen LogP contribution >= 0.6 is 23.2 Å². The van der Waals surface area contributed by atoms with E-state index >= 15 is 0 Å². The number of esters is 1. The zero-order valence-electron chi connectivity index (χ0n) is 17.9. The van der Waals surface area contributed by atoms with Crippen LogP contribution in [-0.4, -0.2) is 47.1 Å². The highest BCUT2D eigenvalue weighted by atomic mass is 35.5. The molecule has 1 aliphatic rings. The lowest BCUT2D eigenvalue weighted by Crippen LogP contribution is -2.40. The second kappa shape index (κ2) is 10.3. The first kappa shape index (κ1) is 23.2. The van der Waals surface area contributed by atoms with Crippen molar-refractivity contribution in [3.8, 4) is 11.4 Å². The van der Waals surface area contributed by atoms with E-state index < -0.39 is 5.97 Å². The third-order valence-electron chi connectivity index (χ3n) is 5.44. The van der Waals surface area contributed by atoms with E-state index in [2.05, 4.69) is 20.4 Å². The number of carbonyl (C=O) groups is 2. The van der Waals surface area contributed by atoms with Crippen LogP contribution in [0, 0.1) is 5.92 Å². The van der Waals surface area contributed by atoms with Gasteiger partial charge in [0.2, 0.25) is 17.6 Å². The summed E-state index contributed by atoms with van der Waals surface area (Å²) in [6, 6.07) is 11.9. The van der Waals surface area contributed by atoms with E-state index in [1.54, 1.807) is 24.3 Å². The molecule has 4 rings (SSSR count). The number of benzene rings is 2. The molecule has 1 aromatic heterocycles. The van der Waals surface area contributed by atoms with Gasteiger partial charge in [0.05, 0.1) is 30.2 Å². The van der Waals surface area contributed by atoms with E-state index in [0.717, 1.165) is 24.9 Å². The Morgan fingerprint density at radius 3 is 2.76 bits per heavy atom. The predicted molar refractivity (Wildman–Crippen MR) is 124 cm³/mol. The molecule has 172 valence electrons. The number of carbonyl (C=O) groups excluding carboxylic acids is 2. The molecule has 1 saturated heterocycles. The molecule has 1 atom stereocenters. The molecule has 0 spiro atoms. The maximum Gasteiger partial charge on any atom is 0.339 e. The maximum absolute atomic E-state index is 12.9. The highest BCUT2D eigenvalue weighted by Gasteiger charge is 2.27. The van der Waals surface area contributed by atoms with E-state index in [1.807, 2.05) is 12.1 Å². The van der Waals surface area contributed by atoms with E-state index in [1.165, 1.54) is 13.2 Å². The second-order valence-electron chi connectivity index (χ2n) is 7.77. The summed E-state index contributed by atoms with van der Waals surface area (Å²) in [6.45, 7) is 1.84. The number of ether oxygens (including phenoxy) is 1. The monoisotopic (exact) mass is 488 g/mol. The largest absolute Gasteiger partial charge is 0.465 e. The third kappa shape index (κ3) is 5.71. The number of hydrogen-bond donors (Lipinski definition) is 1. The summed E-state index contributed by atoms with van der Waals surface area (Å²) < 4.78 is 10.1. The Kier molecular flexibility index (Phi) is 7.27. The van der Waals surface area contributed by atoms with Crippen molar-refractivity contribution >= 4 is 40.8 Å². The third-order valence-corrected chi connectivity index (χ3v) is 6.03.